The highest BCUT2D eigenvalue weighted by Gasteiger charge is 2.26. The normalized spacial score (nSPS) is 19.1. The number of rotatable bonds is 4. The maximum Gasteiger partial charge on any atom is 0.163 e. The van der Waals surface area contributed by atoms with Crippen molar-refractivity contribution in [1.82, 2.24) is 19.8 Å². The summed E-state index contributed by atoms with van der Waals surface area (Å²) in [4.78, 5) is 13.7. The molecule has 31 heavy (non-hydrogen) atoms. The SMILES string of the molecule is CN1CCN(CC2COc3cc4ncnc(Nc5cccc(I)c5)c4cc3O2)CC1.Cl. The smallest absolute Gasteiger partial charge is 0.163 e. The van der Waals surface area contributed by atoms with Crippen LogP contribution in [0, 0.1) is 3.57 Å². The molecule has 1 fully saturated rings. The second kappa shape index (κ2) is 9.72. The third-order valence-electron chi connectivity index (χ3n) is 5.56. The van der Waals surface area contributed by atoms with Gasteiger partial charge in [0.05, 0.1) is 5.52 Å². The minimum Gasteiger partial charge on any atom is -0.486 e. The highest BCUT2D eigenvalue weighted by molar-refractivity contribution is 14.1. The fourth-order valence-electron chi connectivity index (χ4n) is 3.88. The number of benzene rings is 2. The maximum absolute atomic E-state index is 6.33. The minimum absolute atomic E-state index is 0. The summed E-state index contributed by atoms with van der Waals surface area (Å²) in [6, 6.07) is 12.1. The first-order valence-corrected chi connectivity index (χ1v) is 11.2. The highest BCUT2D eigenvalue weighted by atomic mass is 127. The Morgan fingerprint density at radius 1 is 1.10 bits per heavy atom. The maximum atomic E-state index is 6.33. The van der Waals surface area contributed by atoms with Gasteiger partial charge in [0.25, 0.3) is 0 Å². The molecule has 2 aromatic carbocycles. The Morgan fingerprint density at radius 2 is 1.94 bits per heavy atom. The van der Waals surface area contributed by atoms with Crippen molar-refractivity contribution in [2.24, 2.45) is 0 Å². The van der Waals surface area contributed by atoms with Crippen LogP contribution in [0.5, 0.6) is 11.5 Å². The van der Waals surface area contributed by atoms with Gasteiger partial charge in [-0.2, -0.15) is 0 Å². The molecule has 7 nitrogen and oxygen atoms in total. The van der Waals surface area contributed by atoms with E-state index in [9.17, 15) is 0 Å². The number of likely N-dealkylation sites (N-methyl/N-ethyl adjacent to an activating group) is 1. The number of piperazine rings is 1. The lowest BCUT2D eigenvalue weighted by Gasteiger charge is -2.36. The predicted molar refractivity (Wildman–Crippen MR) is 133 cm³/mol. The Morgan fingerprint density at radius 3 is 2.74 bits per heavy atom. The van der Waals surface area contributed by atoms with E-state index in [0.29, 0.717) is 6.61 Å². The number of halogens is 2. The van der Waals surface area contributed by atoms with Crippen LogP contribution in [-0.4, -0.2) is 72.3 Å². The number of ether oxygens (including phenoxy) is 2. The van der Waals surface area contributed by atoms with Crippen molar-refractivity contribution < 1.29 is 9.47 Å². The molecule has 1 saturated heterocycles. The summed E-state index contributed by atoms with van der Waals surface area (Å²) >= 11 is 2.30. The standard InChI is InChI=1S/C22H24IN5O2.ClH/c1-27-5-7-28(8-6-27)12-17-13-29-20-11-19-18(10-21(20)30-17)22(25-14-24-19)26-16-4-2-3-15(23)9-16;/h2-4,9-11,14,17H,5-8,12-13H2,1H3,(H,24,25,26);1H. The fourth-order valence-corrected chi connectivity index (χ4v) is 4.42. The zero-order valence-corrected chi connectivity index (χ0v) is 20.2. The summed E-state index contributed by atoms with van der Waals surface area (Å²) in [6.07, 6.45) is 1.60. The van der Waals surface area contributed by atoms with Gasteiger partial charge in [0.15, 0.2) is 11.5 Å². The summed E-state index contributed by atoms with van der Waals surface area (Å²) in [5.74, 6) is 2.26. The highest BCUT2D eigenvalue weighted by Crippen LogP contribution is 2.37. The van der Waals surface area contributed by atoms with Crippen molar-refractivity contribution in [3.05, 3.63) is 46.3 Å². The number of aromatic nitrogens is 2. The van der Waals surface area contributed by atoms with Crippen LogP contribution >= 0.6 is 35.0 Å². The largest absolute Gasteiger partial charge is 0.486 e. The molecule has 5 rings (SSSR count). The van der Waals surface area contributed by atoms with E-state index in [0.717, 1.165) is 70.2 Å². The number of anilines is 2. The van der Waals surface area contributed by atoms with Crippen molar-refractivity contribution in [2.75, 3.05) is 51.7 Å². The monoisotopic (exact) mass is 553 g/mol. The van der Waals surface area contributed by atoms with Gasteiger partial charge in [0, 0.05) is 53.4 Å². The third-order valence-corrected chi connectivity index (χ3v) is 6.24. The molecule has 9 heteroatoms. The van der Waals surface area contributed by atoms with Gasteiger partial charge in [0.1, 0.15) is 24.9 Å². The Bertz CT molecular complexity index is 1060. The molecule has 0 saturated carbocycles. The minimum atomic E-state index is 0. The van der Waals surface area contributed by atoms with Crippen molar-refractivity contribution in [2.45, 2.75) is 6.10 Å². The quantitative estimate of drug-likeness (QED) is 0.494. The lowest BCUT2D eigenvalue weighted by Crippen LogP contribution is -2.49. The summed E-state index contributed by atoms with van der Waals surface area (Å²) in [6.45, 7) is 5.77. The van der Waals surface area contributed by atoms with Crippen LogP contribution in [-0.2, 0) is 0 Å². The van der Waals surface area contributed by atoms with E-state index in [4.69, 9.17) is 9.47 Å². The van der Waals surface area contributed by atoms with Crippen LogP contribution in [0.2, 0.25) is 0 Å². The second-order valence-corrected chi connectivity index (χ2v) is 9.07. The lowest BCUT2D eigenvalue weighted by molar-refractivity contribution is 0.0442. The number of nitrogens with one attached hydrogen (secondary N) is 1. The van der Waals surface area contributed by atoms with Gasteiger partial charge < -0.3 is 19.7 Å². The van der Waals surface area contributed by atoms with Gasteiger partial charge in [-0.05, 0) is 53.9 Å². The van der Waals surface area contributed by atoms with Gasteiger partial charge in [-0.15, -0.1) is 12.4 Å². The zero-order valence-electron chi connectivity index (χ0n) is 17.3. The van der Waals surface area contributed by atoms with E-state index in [-0.39, 0.29) is 18.5 Å². The van der Waals surface area contributed by atoms with Crippen molar-refractivity contribution >= 4 is 57.4 Å². The van der Waals surface area contributed by atoms with Crippen LogP contribution in [0.1, 0.15) is 0 Å². The molecule has 0 bridgehead atoms. The molecule has 1 atom stereocenters. The number of nitrogens with zero attached hydrogens (tertiary/aromatic N) is 4. The Balaban J connectivity index is 0.00000231. The van der Waals surface area contributed by atoms with Crippen LogP contribution < -0.4 is 14.8 Å². The molecule has 0 aliphatic carbocycles. The van der Waals surface area contributed by atoms with Crippen LogP contribution in [0.25, 0.3) is 10.9 Å². The van der Waals surface area contributed by atoms with Gasteiger partial charge in [-0.3, -0.25) is 4.90 Å². The molecule has 164 valence electrons. The fraction of sp³-hybridized carbons (Fsp3) is 0.364. The summed E-state index contributed by atoms with van der Waals surface area (Å²) in [7, 11) is 2.17. The van der Waals surface area contributed by atoms with Crippen molar-refractivity contribution in [3.8, 4) is 11.5 Å². The van der Waals surface area contributed by atoms with Gasteiger partial charge in [0.2, 0.25) is 0 Å². The number of fused-ring (bicyclic) bond motifs is 2. The van der Waals surface area contributed by atoms with Gasteiger partial charge >= 0.3 is 0 Å². The molecule has 1 unspecified atom stereocenters. The summed E-state index contributed by atoms with van der Waals surface area (Å²) in [5.41, 5.74) is 1.82. The van der Waals surface area contributed by atoms with E-state index in [1.807, 2.05) is 24.3 Å². The molecular formula is C22H25ClIN5O2. The van der Waals surface area contributed by atoms with Crippen LogP contribution in [0.4, 0.5) is 11.5 Å². The molecule has 2 aliphatic rings. The molecule has 1 aromatic heterocycles. The topological polar surface area (TPSA) is 62.8 Å². The zero-order chi connectivity index (χ0) is 20.5. The molecule has 0 spiro atoms. The predicted octanol–water partition coefficient (Wildman–Crippen LogP) is 3.79. The molecule has 2 aliphatic heterocycles. The first kappa shape index (κ1) is 22.3. The average molecular weight is 554 g/mol. The van der Waals surface area contributed by atoms with Crippen LogP contribution in [0.3, 0.4) is 0 Å². The second-order valence-electron chi connectivity index (χ2n) is 7.83. The molecule has 0 amide bonds. The third kappa shape index (κ3) is 5.14. The number of hydrogen-bond acceptors (Lipinski definition) is 7. The molecule has 3 heterocycles. The van der Waals surface area contributed by atoms with Crippen LogP contribution in [0.15, 0.2) is 42.7 Å². The van der Waals surface area contributed by atoms with E-state index in [1.54, 1.807) is 6.33 Å². The van der Waals surface area contributed by atoms with Gasteiger partial charge in [-0.1, -0.05) is 6.07 Å². The Hall–Kier alpha value is -1.88. The Kier molecular flexibility index (Phi) is 7.00. The number of hydrogen-bond donors (Lipinski definition) is 1. The summed E-state index contributed by atoms with van der Waals surface area (Å²) < 4.78 is 13.5. The lowest BCUT2D eigenvalue weighted by atomic mass is 10.1. The van der Waals surface area contributed by atoms with E-state index in [2.05, 4.69) is 66.9 Å². The van der Waals surface area contributed by atoms with E-state index >= 15 is 0 Å². The first-order chi connectivity index (χ1) is 14.6. The summed E-state index contributed by atoms with van der Waals surface area (Å²) in [5, 5.41) is 4.33. The van der Waals surface area contributed by atoms with E-state index in [1.165, 1.54) is 0 Å². The molecular weight excluding hydrogens is 529 g/mol. The van der Waals surface area contributed by atoms with Crippen molar-refractivity contribution in [3.63, 3.8) is 0 Å². The first-order valence-electron chi connectivity index (χ1n) is 10.2. The van der Waals surface area contributed by atoms with Gasteiger partial charge in [-0.25, -0.2) is 9.97 Å². The Labute approximate surface area is 201 Å². The molecule has 3 aromatic rings. The van der Waals surface area contributed by atoms with Crippen molar-refractivity contribution in [1.29, 1.82) is 0 Å². The molecule has 0 radical (unpaired) electrons. The molecule has 1 N–H and O–H groups in total. The van der Waals surface area contributed by atoms with E-state index < -0.39 is 0 Å². The average Bonchev–Trinajstić information content (AvgIpc) is 2.74.